The first-order valence-corrected chi connectivity index (χ1v) is 3.90. The normalized spacial score (nSPS) is 11.7. The van der Waals surface area contributed by atoms with Crippen LogP contribution in [-0.2, 0) is 0 Å². The Hall–Kier alpha value is -1.83. The first-order valence-electron chi connectivity index (χ1n) is 3.90. The summed E-state index contributed by atoms with van der Waals surface area (Å²) in [6, 6.07) is 1.58. The maximum absolute atomic E-state index is 11.3. The third-order valence-corrected chi connectivity index (χ3v) is 1.51. The van der Waals surface area contributed by atoms with Gasteiger partial charge in [-0.1, -0.05) is 0 Å². The molecule has 1 rings (SSSR count). The molecule has 0 fully saturated rings. The molecule has 5 nitrogen and oxygen atoms in total. The number of nitriles is 1. The zero-order chi connectivity index (χ0) is 9.68. The third-order valence-electron chi connectivity index (χ3n) is 1.51. The van der Waals surface area contributed by atoms with Crippen molar-refractivity contribution >= 4 is 6.03 Å². The van der Waals surface area contributed by atoms with Gasteiger partial charge in [-0.25, -0.2) is 9.78 Å². The second-order valence-corrected chi connectivity index (χ2v) is 2.68. The van der Waals surface area contributed by atoms with Crippen LogP contribution in [0.3, 0.4) is 0 Å². The molecule has 1 amide bonds. The number of nitrogens with zero attached hydrogens (tertiary/aromatic N) is 3. The molecule has 1 heterocycles. The molecule has 1 unspecified atom stereocenters. The molecular weight excluding hydrogens is 168 g/mol. The van der Waals surface area contributed by atoms with Crippen LogP contribution in [0.2, 0.25) is 0 Å². The summed E-state index contributed by atoms with van der Waals surface area (Å²) in [6.07, 6.45) is 4.79. The fraction of sp³-hybridized carbons (Fsp3) is 0.375. The summed E-state index contributed by atoms with van der Waals surface area (Å²) in [6.45, 7) is 1.78. The van der Waals surface area contributed by atoms with E-state index >= 15 is 0 Å². The van der Waals surface area contributed by atoms with Crippen molar-refractivity contribution < 1.29 is 4.79 Å². The van der Waals surface area contributed by atoms with E-state index in [0.29, 0.717) is 6.42 Å². The molecule has 1 atom stereocenters. The van der Waals surface area contributed by atoms with Gasteiger partial charge >= 0.3 is 6.03 Å². The van der Waals surface area contributed by atoms with E-state index in [0.717, 1.165) is 0 Å². The minimum absolute atomic E-state index is 0.139. The van der Waals surface area contributed by atoms with Crippen molar-refractivity contribution in [2.45, 2.75) is 19.4 Å². The summed E-state index contributed by atoms with van der Waals surface area (Å²) in [5.74, 6) is 0. The number of amides is 1. The molecule has 0 aliphatic carbocycles. The zero-order valence-corrected chi connectivity index (χ0v) is 7.27. The van der Waals surface area contributed by atoms with E-state index in [1.165, 1.54) is 17.1 Å². The Morgan fingerprint density at radius 1 is 1.85 bits per heavy atom. The Labute approximate surface area is 76.0 Å². The van der Waals surface area contributed by atoms with Crippen LogP contribution in [0.4, 0.5) is 4.79 Å². The van der Waals surface area contributed by atoms with Crippen molar-refractivity contribution in [3.05, 3.63) is 18.7 Å². The smallest absolute Gasteiger partial charge is 0.327 e. The van der Waals surface area contributed by atoms with Crippen molar-refractivity contribution in [1.29, 1.82) is 5.26 Å². The van der Waals surface area contributed by atoms with Crippen molar-refractivity contribution in [3.63, 3.8) is 0 Å². The van der Waals surface area contributed by atoms with Gasteiger partial charge in [0, 0.05) is 18.4 Å². The van der Waals surface area contributed by atoms with Crippen LogP contribution in [-0.4, -0.2) is 21.6 Å². The molecule has 13 heavy (non-hydrogen) atoms. The molecule has 1 N–H and O–H groups in total. The highest BCUT2D eigenvalue weighted by Crippen LogP contribution is 1.91. The minimum Gasteiger partial charge on any atom is -0.334 e. The highest BCUT2D eigenvalue weighted by Gasteiger charge is 2.07. The maximum Gasteiger partial charge on any atom is 0.327 e. The fourth-order valence-electron chi connectivity index (χ4n) is 0.853. The van der Waals surface area contributed by atoms with Crippen LogP contribution in [0.15, 0.2) is 18.7 Å². The maximum atomic E-state index is 11.3. The number of aromatic nitrogens is 2. The van der Waals surface area contributed by atoms with E-state index in [-0.39, 0.29) is 12.1 Å². The molecule has 0 saturated heterocycles. The molecule has 0 bridgehead atoms. The second kappa shape index (κ2) is 4.26. The van der Waals surface area contributed by atoms with Gasteiger partial charge < -0.3 is 5.32 Å². The predicted molar refractivity (Wildman–Crippen MR) is 45.8 cm³/mol. The summed E-state index contributed by atoms with van der Waals surface area (Å²) in [5, 5.41) is 11.0. The Morgan fingerprint density at radius 3 is 3.15 bits per heavy atom. The van der Waals surface area contributed by atoms with Gasteiger partial charge in [0.25, 0.3) is 0 Å². The third kappa shape index (κ3) is 2.60. The fourth-order valence-corrected chi connectivity index (χ4v) is 0.853. The molecule has 0 spiro atoms. The standard InChI is InChI=1S/C8H10N4O/c1-7(2-3-9)11-8(13)12-5-4-10-6-12/h4-7H,2H2,1H3,(H,11,13). The van der Waals surface area contributed by atoms with Crippen LogP contribution in [0.25, 0.3) is 0 Å². The van der Waals surface area contributed by atoms with E-state index in [4.69, 9.17) is 5.26 Å². The molecule has 5 heteroatoms. The molecule has 1 aromatic rings. The lowest BCUT2D eigenvalue weighted by Gasteiger charge is -2.09. The number of nitrogens with one attached hydrogen (secondary N) is 1. The van der Waals surface area contributed by atoms with Crippen LogP contribution >= 0.6 is 0 Å². The van der Waals surface area contributed by atoms with Crippen LogP contribution < -0.4 is 5.32 Å². The van der Waals surface area contributed by atoms with E-state index < -0.39 is 0 Å². The minimum atomic E-state index is -0.264. The molecule has 0 aliphatic heterocycles. The van der Waals surface area contributed by atoms with Gasteiger partial charge in [0.15, 0.2) is 0 Å². The summed E-state index contributed by atoms with van der Waals surface area (Å²) in [5.41, 5.74) is 0. The lowest BCUT2D eigenvalue weighted by molar-refractivity contribution is 0.239. The monoisotopic (exact) mass is 178 g/mol. The molecule has 0 aromatic carbocycles. The Kier molecular flexibility index (Phi) is 3.03. The number of imidazole rings is 1. The summed E-state index contributed by atoms with van der Waals surface area (Å²) < 4.78 is 1.33. The predicted octanol–water partition coefficient (Wildman–Crippen LogP) is 0.743. The average molecular weight is 178 g/mol. The molecule has 1 aromatic heterocycles. The van der Waals surface area contributed by atoms with Gasteiger partial charge in [0.2, 0.25) is 0 Å². The van der Waals surface area contributed by atoms with E-state index in [2.05, 4.69) is 10.3 Å². The number of carbonyl (C=O) groups is 1. The molecule has 0 saturated carbocycles. The first kappa shape index (κ1) is 9.26. The molecule has 0 aliphatic rings. The Balaban J connectivity index is 2.48. The molecule has 0 radical (unpaired) electrons. The van der Waals surface area contributed by atoms with Gasteiger partial charge in [-0.2, -0.15) is 5.26 Å². The SMILES string of the molecule is CC(CC#N)NC(=O)n1ccnc1. The Morgan fingerprint density at radius 2 is 2.62 bits per heavy atom. The summed E-state index contributed by atoms with van der Waals surface area (Å²) in [4.78, 5) is 15.0. The summed E-state index contributed by atoms with van der Waals surface area (Å²) >= 11 is 0. The van der Waals surface area contributed by atoms with E-state index in [1.807, 2.05) is 6.07 Å². The number of rotatable bonds is 2. The largest absolute Gasteiger partial charge is 0.334 e. The number of carbonyl (C=O) groups excluding carboxylic acids is 1. The van der Waals surface area contributed by atoms with Crippen molar-refractivity contribution in [1.82, 2.24) is 14.9 Å². The number of hydrogen-bond donors (Lipinski definition) is 1. The quantitative estimate of drug-likeness (QED) is 0.726. The zero-order valence-electron chi connectivity index (χ0n) is 7.27. The summed E-state index contributed by atoms with van der Waals surface area (Å²) in [7, 11) is 0. The van der Waals surface area contributed by atoms with Crippen LogP contribution in [0.5, 0.6) is 0 Å². The van der Waals surface area contributed by atoms with E-state index in [1.54, 1.807) is 13.1 Å². The van der Waals surface area contributed by atoms with Crippen molar-refractivity contribution in [3.8, 4) is 6.07 Å². The van der Waals surface area contributed by atoms with Gasteiger partial charge in [0.05, 0.1) is 12.5 Å². The van der Waals surface area contributed by atoms with Gasteiger partial charge in [-0.3, -0.25) is 4.57 Å². The number of hydrogen-bond acceptors (Lipinski definition) is 3. The average Bonchev–Trinajstić information content (AvgIpc) is 2.55. The molecule has 68 valence electrons. The van der Waals surface area contributed by atoms with Gasteiger partial charge in [-0.05, 0) is 6.92 Å². The van der Waals surface area contributed by atoms with Gasteiger partial charge in [0.1, 0.15) is 6.33 Å². The lowest BCUT2D eigenvalue weighted by Crippen LogP contribution is -2.35. The van der Waals surface area contributed by atoms with Crippen molar-refractivity contribution in [2.75, 3.05) is 0 Å². The molecular formula is C8H10N4O. The highest BCUT2D eigenvalue weighted by atomic mass is 16.2. The van der Waals surface area contributed by atoms with Gasteiger partial charge in [-0.15, -0.1) is 0 Å². The highest BCUT2D eigenvalue weighted by molar-refractivity contribution is 5.76. The topological polar surface area (TPSA) is 70.7 Å². The van der Waals surface area contributed by atoms with Crippen LogP contribution in [0.1, 0.15) is 13.3 Å². The van der Waals surface area contributed by atoms with E-state index in [9.17, 15) is 4.79 Å². The Bertz CT molecular complexity index is 311. The lowest BCUT2D eigenvalue weighted by atomic mass is 10.3. The van der Waals surface area contributed by atoms with Crippen LogP contribution in [0, 0.1) is 11.3 Å². The first-order chi connectivity index (χ1) is 6.24. The van der Waals surface area contributed by atoms with Crippen molar-refractivity contribution in [2.24, 2.45) is 0 Å². The second-order valence-electron chi connectivity index (χ2n) is 2.68.